The highest BCUT2D eigenvalue weighted by atomic mass is 16.4. The Morgan fingerprint density at radius 1 is 1.00 bits per heavy atom. The van der Waals surface area contributed by atoms with Crippen LogP contribution in [0.5, 0.6) is 0 Å². The van der Waals surface area contributed by atoms with Crippen LogP contribution in [0, 0.1) is 10.8 Å². The van der Waals surface area contributed by atoms with E-state index in [4.69, 9.17) is 0 Å². The predicted octanol–water partition coefficient (Wildman–Crippen LogP) is 2.34. The number of carboxylic acid groups (broad SMARTS) is 1. The first-order chi connectivity index (χ1) is 9.99. The van der Waals surface area contributed by atoms with E-state index in [-0.39, 0.29) is 18.4 Å². The first-order valence-electron chi connectivity index (χ1n) is 8.07. The van der Waals surface area contributed by atoms with E-state index in [1.54, 1.807) is 0 Å². The smallest absolute Gasteiger partial charge is 0.311 e. The predicted molar refractivity (Wildman–Crippen MR) is 75.4 cm³/mol. The van der Waals surface area contributed by atoms with E-state index in [1.807, 2.05) is 0 Å². The number of carboxylic acids is 1. The Morgan fingerprint density at radius 3 is 2.14 bits per heavy atom. The van der Waals surface area contributed by atoms with Gasteiger partial charge in [-0.25, -0.2) is 0 Å². The topological polar surface area (TPSA) is 74.7 Å². The molecule has 5 heteroatoms. The second-order valence-corrected chi connectivity index (χ2v) is 7.10. The average molecular weight is 293 g/mol. The average Bonchev–Trinajstić information content (AvgIpc) is 3.02. The first kappa shape index (κ1) is 14.5. The molecule has 1 N–H and O–H groups in total. The number of imide groups is 1. The molecule has 0 atom stereocenters. The molecule has 2 amide bonds. The van der Waals surface area contributed by atoms with E-state index in [1.165, 1.54) is 4.90 Å². The fraction of sp³-hybridized carbons (Fsp3) is 0.812. The molecule has 1 aliphatic heterocycles. The Kier molecular flexibility index (Phi) is 3.54. The zero-order valence-corrected chi connectivity index (χ0v) is 12.4. The molecule has 2 saturated carbocycles. The molecule has 1 spiro atoms. The minimum Gasteiger partial charge on any atom is -0.481 e. The number of nitrogens with zero attached hydrogens (tertiary/aromatic N) is 1. The highest BCUT2D eigenvalue weighted by Crippen LogP contribution is 2.48. The molecular formula is C16H23NO4. The molecule has 1 heterocycles. The van der Waals surface area contributed by atoms with Gasteiger partial charge in [0.15, 0.2) is 0 Å². The lowest BCUT2D eigenvalue weighted by atomic mass is 9.73. The zero-order chi connectivity index (χ0) is 15.1. The van der Waals surface area contributed by atoms with E-state index >= 15 is 0 Å². The van der Waals surface area contributed by atoms with Crippen LogP contribution in [0.1, 0.15) is 64.2 Å². The normalized spacial score (nSPS) is 27.5. The van der Waals surface area contributed by atoms with Crippen LogP contribution in [0.4, 0.5) is 0 Å². The summed E-state index contributed by atoms with van der Waals surface area (Å²) in [5, 5.41) is 9.63. The second kappa shape index (κ2) is 5.11. The molecule has 5 nitrogen and oxygen atoms in total. The lowest BCUT2D eigenvalue weighted by Crippen LogP contribution is -2.47. The van der Waals surface area contributed by atoms with E-state index < -0.39 is 16.8 Å². The standard InChI is InChI=1S/C16H23NO4/c18-12-10-15(6-4-5-7-15)13(19)17(12)11-16(14(20)21)8-2-1-3-9-16/h1-11H2,(H,20,21). The number of hydrogen-bond donors (Lipinski definition) is 1. The van der Waals surface area contributed by atoms with Crippen molar-refractivity contribution in [3.05, 3.63) is 0 Å². The summed E-state index contributed by atoms with van der Waals surface area (Å²) in [6, 6.07) is 0. The van der Waals surface area contributed by atoms with E-state index in [0.717, 1.165) is 44.9 Å². The lowest BCUT2D eigenvalue weighted by molar-refractivity contribution is -0.155. The number of amides is 2. The van der Waals surface area contributed by atoms with Gasteiger partial charge in [-0.2, -0.15) is 0 Å². The summed E-state index contributed by atoms with van der Waals surface area (Å²) in [6.07, 6.45) is 7.79. The van der Waals surface area contributed by atoms with Gasteiger partial charge >= 0.3 is 5.97 Å². The van der Waals surface area contributed by atoms with Gasteiger partial charge in [0.1, 0.15) is 0 Å². The van der Waals surface area contributed by atoms with Crippen molar-refractivity contribution in [1.29, 1.82) is 0 Å². The highest BCUT2D eigenvalue weighted by Gasteiger charge is 2.55. The summed E-state index contributed by atoms with van der Waals surface area (Å²) in [5.74, 6) is -1.11. The van der Waals surface area contributed by atoms with Crippen LogP contribution in [0.3, 0.4) is 0 Å². The van der Waals surface area contributed by atoms with Crippen molar-refractivity contribution in [1.82, 2.24) is 4.90 Å². The zero-order valence-electron chi connectivity index (χ0n) is 12.4. The Balaban J connectivity index is 1.81. The Bertz CT molecular complexity index is 473. The van der Waals surface area contributed by atoms with Crippen LogP contribution in [0.15, 0.2) is 0 Å². The third-order valence-electron chi connectivity index (χ3n) is 5.78. The Labute approximate surface area is 124 Å². The van der Waals surface area contributed by atoms with Crippen molar-refractivity contribution in [2.24, 2.45) is 10.8 Å². The molecule has 0 aromatic heterocycles. The molecular weight excluding hydrogens is 270 g/mol. The van der Waals surface area contributed by atoms with E-state index in [9.17, 15) is 19.5 Å². The minimum absolute atomic E-state index is 0.0851. The third kappa shape index (κ3) is 2.27. The summed E-state index contributed by atoms with van der Waals surface area (Å²) in [5.41, 5.74) is -1.40. The molecule has 0 aromatic rings. The van der Waals surface area contributed by atoms with Crippen molar-refractivity contribution in [2.45, 2.75) is 64.2 Å². The van der Waals surface area contributed by atoms with Crippen molar-refractivity contribution in [2.75, 3.05) is 6.54 Å². The molecule has 116 valence electrons. The summed E-state index contributed by atoms with van der Waals surface area (Å²) < 4.78 is 0. The van der Waals surface area contributed by atoms with Gasteiger partial charge in [-0.1, -0.05) is 32.1 Å². The van der Waals surface area contributed by atoms with Crippen molar-refractivity contribution in [3.8, 4) is 0 Å². The van der Waals surface area contributed by atoms with Gasteiger partial charge in [-0.15, -0.1) is 0 Å². The lowest BCUT2D eigenvalue weighted by Gasteiger charge is -2.36. The molecule has 2 aliphatic carbocycles. The molecule has 3 aliphatic rings. The van der Waals surface area contributed by atoms with Gasteiger partial charge in [-0.05, 0) is 25.7 Å². The summed E-state index contributed by atoms with van der Waals surface area (Å²) >= 11 is 0. The monoisotopic (exact) mass is 293 g/mol. The number of aliphatic carboxylic acids is 1. The number of rotatable bonds is 3. The van der Waals surface area contributed by atoms with E-state index in [0.29, 0.717) is 19.3 Å². The molecule has 0 unspecified atom stereocenters. The van der Waals surface area contributed by atoms with Crippen molar-refractivity contribution < 1.29 is 19.5 Å². The van der Waals surface area contributed by atoms with Gasteiger partial charge in [0.25, 0.3) is 0 Å². The number of likely N-dealkylation sites (tertiary alicyclic amines) is 1. The van der Waals surface area contributed by atoms with E-state index in [2.05, 4.69) is 0 Å². The Morgan fingerprint density at radius 2 is 1.57 bits per heavy atom. The second-order valence-electron chi connectivity index (χ2n) is 7.10. The third-order valence-corrected chi connectivity index (χ3v) is 5.78. The van der Waals surface area contributed by atoms with Crippen molar-refractivity contribution in [3.63, 3.8) is 0 Å². The van der Waals surface area contributed by atoms with Crippen LogP contribution in [-0.4, -0.2) is 34.3 Å². The molecule has 3 fully saturated rings. The molecule has 0 bridgehead atoms. The fourth-order valence-electron chi connectivity index (χ4n) is 4.43. The molecule has 0 radical (unpaired) electrons. The largest absolute Gasteiger partial charge is 0.481 e. The molecule has 1 saturated heterocycles. The molecule has 3 rings (SSSR count). The van der Waals surface area contributed by atoms with Crippen LogP contribution < -0.4 is 0 Å². The maximum absolute atomic E-state index is 12.7. The fourth-order valence-corrected chi connectivity index (χ4v) is 4.43. The van der Waals surface area contributed by atoms with Gasteiger partial charge in [-0.3, -0.25) is 19.3 Å². The summed E-state index contributed by atoms with van der Waals surface area (Å²) in [6.45, 7) is 0.0851. The number of carbonyl (C=O) groups is 3. The van der Waals surface area contributed by atoms with Gasteiger partial charge in [0.05, 0.1) is 10.8 Å². The van der Waals surface area contributed by atoms with Gasteiger partial charge in [0, 0.05) is 13.0 Å². The molecule has 21 heavy (non-hydrogen) atoms. The highest BCUT2D eigenvalue weighted by molar-refractivity contribution is 6.06. The van der Waals surface area contributed by atoms with Gasteiger partial charge in [0.2, 0.25) is 11.8 Å². The summed E-state index contributed by atoms with van der Waals surface area (Å²) in [4.78, 5) is 38.0. The van der Waals surface area contributed by atoms with Crippen LogP contribution in [-0.2, 0) is 14.4 Å². The van der Waals surface area contributed by atoms with Crippen LogP contribution in [0.25, 0.3) is 0 Å². The first-order valence-corrected chi connectivity index (χ1v) is 8.07. The maximum atomic E-state index is 12.7. The van der Waals surface area contributed by atoms with Crippen LogP contribution >= 0.6 is 0 Å². The van der Waals surface area contributed by atoms with Crippen LogP contribution in [0.2, 0.25) is 0 Å². The number of carbonyl (C=O) groups excluding carboxylic acids is 2. The minimum atomic E-state index is -0.909. The maximum Gasteiger partial charge on any atom is 0.311 e. The molecule has 0 aromatic carbocycles. The quantitative estimate of drug-likeness (QED) is 0.810. The van der Waals surface area contributed by atoms with Gasteiger partial charge < -0.3 is 5.11 Å². The Hall–Kier alpha value is -1.39. The summed E-state index contributed by atoms with van der Waals surface area (Å²) in [7, 11) is 0. The number of hydrogen-bond acceptors (Lipinski definition) is 3. The SMILES string of the molecule is O=C1CC2(CCCC2)C(=O)N1CC1(C(=O)O)CCCCC1. The van der Waals surface area contributed by atoms with Crippen molar-refractivity contribution >= 4 is 17.8 Å².